The predicted octanol–water partition coefficient (Wildman–Crippen LogP) is 1.86. The van der Waals surface area contributed by atoms with Gasteiger partial charge < -0.3 is 15.2 Å². The lowest BCUT2D eigenvalue weighted by atomic mass is 9.99. The molecule has 0 bridgehead atoms. The zero-order valence-electron chi connectivity index (χ0n) is 15.5. The van der Waals surface area contributed by atoms with Gasteiger partial charge in [-0.1, -0.05) is 42.5 Å². The number of carbonyl (C=O) groups excluding carboxylic acids is 2. The van der Waals surface area contributed by atoms with Gasteiger partial charge in [-0.3, -0.25) is 19.3 Å². The van der Waals surface area contributed by atoms with Gasteiger partial charge in [0.1, 0.15) is 12.3 Å². The van der Waals surface area contributed by atoms with Crippen molar-refractivity contribution in [3.63, 3.8) is 0 Å². The number of carbonyl (C=O) groups is 3. The number of aliphatic carboxylic acids is 1. The number of amides is 2. The molecule has 2 aromatic rings. The van der Waals surface area contributed by atoms with Crippen LogP contribution in [0.4, 0.5) is 5.69 Å². The summed E-state index contributed by atoms with van der Waals surface area (Å²) in [6, 6.07) is 16.2. The highest BCUT2D eigenvalue weighted by atomic mass is 16.5. The molecular weight excluding hydrogens is 360 g/mol. The van der Waals surface area contributed by atoms with Crippen LogP contribution in [0.2, 0.25) is 0 Å². The number of carboxylic acids is 1. The summed E-state index contributed by atoms with van der Waals surface area (Å²) in [5, 5.41) is 12.1. The van der Waals surface area contributed by atoms with Crippen LogP contribution in [0, 0.1) is 5.92 Å². The molecule has 1 aliphatic rings. The molecule has 146 valence electrons. The first kappa shape index (κ1) is 19.4. The third-order valence-corrected chi connectivity index (χ3v) is 4.60. The molecule has 2 N–H and O–H groups in total. The summed E-state index contributed by atoms with van der Waals surface area (Å²) in [5.74, 6) is -1.93. The van der Waals surface area contributed by atoms with Crippen LogP contribution in [-0.2, 0) is 20.8 Å². The summed E-state index contributed by atoms with van der Waals surface area (Å²) < 4.78 is 5.55. The quantitative estimate of drug-likeness (QED) is 0.762. The average Bonchev–Trinajstić information content (AvgIpc) is 2.69. The number of fused-ring (bicyclic) bond motifs is 1. The number of para-hydroxylation sites is 2. The topological polar surface area (TPSA) is 95.9 Å². The van der Waals surface area contributed by atoms with Gasteiger partial charge in [0.25, 0.3) is 5.91 Å². The molecule has 28 heavy (non-hydrogen) atoms. The third kappa shape index (κ3) is 4.49. The SMILES string of the molecule is C[C@H]1Oc2ccccc2N(CC(=O)NC[C@H](Cc2ccccc2)C(=O)O)C1=O. The van der Waals surface area contributed by atoms with Crippen molar-refractivity contribution >= 4 is 23.5 Å². The Balaban J connectivity index is 1.63. The van der Waals surface area contributed by atoms with E-state index < -0.39 is 23.9 Å². The fraction of sp³-hybridized carbons (Fsp3) is 0.286. The first-order valence-corrected chi connectivity index (χ1v) is 9.06. The zero-order valence-corrected chi connectivity index (χ0v) is 15.5. The largest absolute Gasteiger partial charge is 0.481 e. The minimum absolute atomic E-state index is 0.0151. The Bertz CT molecular complexity index is 868. The molecular formula is C21H22N2O5. The maximum absolute atomic E-state index is 12.4. The van der Waals surface area contributed by atoms with Gasteiger partial charge in [0, 0.05) is 6.54 Å². The highest BCUT2D eigenvalue weighted by Crippen LogP contribution is 2.33. The van der Waals surface area contributed by atoms with E-state index in [1.54, 1.807) is 31.2 Å². The predicted molar refractivity (Wildman–Crippen MR) is 103 cm³/mol. The second-order valence-corrected chi connectivity index (χ2v) is 6.68. The van der Waals surface area contributed by atoms with Crippen LogP contribution in [0.1, 0.15) is 12.5 Å². The number of ether oxygens (including phenoxy) is 1. The maximum atomic E-state index is 12.4. The summed E-state index contributed by atoms with van der Waals surface area (Å²) >= 11 is 0. The first-order chi connectivity index (χ1) is 13.5. The average molecular weight is 382 g/mol. The maximum Gasteiger partial charge on any atom is 0.308 e. The van der Waals surface area contributed by atoms with Crippen LogP contribution in [0.15, 0.2) is 54.6 Å². The Labute approximate surface area is 162 Å². The molecule has 0 unspecified atom stereocenters. The Hall–Kier alpha value is -3.35. The molecule has 2 aromatic carbocycles. The summed E-state index contributed by atoms with van der Waals surface area (Å²) in [6.45, 7) is 1.42. The van der Waals surface area contributed by atoms with E-state index in [0.717, 1.165) is 5.56 Å². The van der Waals surface area contributed by atoms with E-state index in [1.807, 2.05) is 30.3 Å². The lowest BCUT2D eigenvalue weighted by Crippen LogP contribution is -2.49. The monoisotopic (exact) mass is 382 g/mol. The molecule has 2 amide bonds. The van der Waals surface area contributed by atoms with Crippen LogP contribution in [0.3, 0.4) is 0 Å². The lowest BCUT2D eigenvalue weighted by Gasteiger charge is -2.32. The van der Waals surface area contributed by atoms with Gasteiger partial charge in [0.05, 0.1) is 11.6 Å². The first-order valence-electron chi connectivity index (χ1n) is 9.06. The number of nitrogens with one attached hydrogen (secondary N) is 1. The minimum Gasteiger partial charge on any atom is -0.481 e. The number of hydrogen-bond acceptors (Lipinski definition) is 4. The van der Waals surface area contributed by atoms with Crippen molar-refractivity contribution in [1.82, 2.24) is 5.32 Å². The molecule has 1 heterocycles. The second kappa shape index (κ2) is 8.56. The van der Waals surface area contributed by atoms with Crippen LogP contribution >= 0.6 is 0 Å². The van der Waals surface area contributed by atoms with E-state index >= 15 is 0 Å². The fourth-order valence-electron chi connectivity index (χ4n) is 3.10. The van der Waals surface area contributed by atoms with Crippen LogP contribution in [0.5, 0.6) is 5.75 Å². The molecule has 0 spiro atoms. The van der Waals surface area contributed by atoms with Crippen LogP contribution in [-0.4, -0.2) is 42.1 Å². The number of benzene rings is 2. The van der Waals surface area contributed by atoms with E-state index in [4.69, 9.17) is 4.74 Å². The van der Waals surface area contributed by atoms with Crippen LogP contribution in [0.25, 0.3) is 0 Å². The summed E-state index contributed by atoms with van der Waals surface area (Å²) in [7, 11) is 0. The van der Waals surface area contributed by atoms with Crippen molar-refractivity contribution in [2.24, 2.45) is 5.92 Å². The van der Waals surface area contributed by atoms with Crippen molar-refractivity contribution in [2.75, 3.05) is 18.0 Å². The van der Waals surface area contributed by atoms with E-state index in [0.29, 0.717) is 17.9 Å². The van der Waals surface area contributed by atoms with Crippen molar-refractivity contribution in [1.29, 1.82) is 0 Å². The van der Waals surface area contributed by atoms with Gasteiger partial charge in [-0.25, -0.2) is 0 Å². The van der Waals surface area contributed by atoms with Crippen molar-refractivity contribution < 1.29 is 24.2 Å². The van der Waals surface area contributed by atoms with Crippen LogP contribution < -0.4 is 15.0 Å². The number of rotatable bonds is 7. The molecule has 1 aliphatic heterocycles. The minimum atomic E-state index is -0.981. The molecule has 0 fully saturated rings. The highest BCUT2D eigenvalue weighted by Gasteiger charge is 2.32. The Kier molecular flexibility index (Phi) is 5.93. The fourth-order valence-corrected chi connectivity index (χ4v) is 3.10. The van der Waals surface area contributed by atoms with E-state index in [1.165, 1.54) is 4.90 Å². The smallest absolute Gasteiger partial charge is 0.308 e. The van der Waals surface area contributed by atoms with Gasteiger partial charge in [-0.15, -0.1) is 0 Å². The highest BCUT2D eigenvalue weighted by molar-refractivity contribution is 6.03. The Morgan fingerprint density at radius 3 is 2.54 bits per heavy atom. The molecule has 3 rings (SSSR count). The summed E-state index contributed by atoms with van der Waals surface area (Å²) in [4.78, 5) is 37.8. The Morgan fingerprint density at radius 1 is 1.14 bits per heavy atom. The van der Waals surface area contributed by atoms with Gasteiger partial charge in [0.2, 0.25) is 5.91 Å². The van der Waals surface area contributed by atoms with Gasteiger partial charge in [-0.05, 0) is 31.0 Å². The normalized spacial score (nSPS) is 16.7. The third-order valence-electron chi connectivity index (χ3n) is 4.60. The van der Waals surface area contributed by atoms with E-state index in [2.05, 4.69) is 5.32 Å². The standard InChI is InChI=1S/C21H22N2O5/c1-14-20(25)23(17-9-5-6-10-18(17)28-14)13-19(24)22-12-16(21(26)27)11-15-7-3-2-4-8-15/h2-10,14,16H,11-13H2,1H3,(H,22,24)(H,26,27)/t14-,16+/m1/s1. The van der Waals surface area contributed by atoms with Gasteiger partial charge in [-0.2, -0.15) is 0 Å². The summed E-state index contributed by atoms with van der Waals surface area (Å²) in [5.41, 5.74) is 1.41. The molecule has 0 saturated heterocycles. The number of nitrogens with zero attached hydrogens (tertiary/aromatic N) is 1. The van der Waals surface area contributed by atoms with E-state index in [-0.39, 0.29) is 19.0 Å². The second-order valence-electron chi connectivity index (χ2n) is 6.68. The van der Waals surface area contributed by atoms with Crippen molar-refractivity contribution in [3.8, 4) is 5.75 Å². The van der Waals surface area contributed by atoms with Gasteiger partial charge >= 0.3 is 5.97 Å². The molecule has 0 aliphatic carbocycles. The molecule has 0 aromatic heterocycles. The molecule has 7 nitrogen and oxygen atoms in total. The molecule has 0 saturated carbocycles. The number of hydrogen-bond donors (Lipinski definition) is 2. The molecule has 7 heteroatoms. The molecule has 2 atom stereocenters. The zero-order chi connectivity index (χ0) is 20.1. The van der Waals surface area contributed by atoms with Crippen molar-refractivity contribution in [2.45, 2.75) is 19.4 Å². The lowest BCUT2D eigenvalue weighted by molar-refractivity contribution is -0.141. The van der Waals surface area contributed by atoms with Crippen molar-refractivity contribution in [3.05, 3.63) is 60.2 Å². The number of anilines is 1. The number of carboxylic acid groups (broad SMARTS) is 1. The Morgan fingerprint density at radius 2 is 1.82 bits per heavy atom. The summed E-state index contributed by atoms with van der Waals surface area (Å²) in [6.07, 6.45) is -0.375. The van der Waals surface area contributed by atoms with Gasteiger partial charge in [0.15, 0.2) is 6.10 Å². The van der Waals surface area contributed by atoms with E-state index in [9.17, 15) is 19.5 Å². The molecule has 0 radical (unpaired) electrons.